The maximum absolute atomic E-state index is 12.9. The summed E-state index contributed by atoms with van der Waals surface area (Å²) < 4.78 is 34.3. The van der Waals surface area contributed by atoms with Crippen LogP contribution in [0.5, 0.6) is 0 Å². The van der Waals surface area contributed by atoms with Crippen molar-refractivity contribution in [2.75, 3.05) is 47.5 Å². The van der Waals surface area contributed by atoms with Crippen molar-refractivity contribution in [3.8, 4) is 0 Å². The second kappa shape index (κ2) is 66.4. The Morgan fingerprint density at radius 3 is 0.988 bits per heavy atom. The molecule has 2 unspecified atom stereocenters. The minimum atomic E-state index is -4.64. The summed E-state index contributed by atoms with van der Waals surface area (Å²) in [5, 5.41) is 0. The molecule has 0 rings (SSSR count). The van der Waals surface area contributed by atoms with Crippen molar-refractivity contribution in [2.24, 2.45) is 0 Å². The summed E-state index contributed by atoms with van der Waals surface area (Å²) in [5.41, 5.74) is 0. The van der Waals surface area contributed by atoms with Gasteiger partial charge in [0.05, 0.1) is 27.7 Å². The second-order valence-electron chi connectivity index (χ2n) is 25.2. The summed E-state index contributed by atoms with van der Waals surface area (Å²) in [6.45, 7) is 4.15. The van der Waals surface area contributed by atoms with Gasteiger partial charge in [0.25, 0.3) is 7.82 Å². The monoisotopic (exact) mass is 1220 g/mol. The normalized spacial score (nSPS) is 13.7. The smallest absolute Gasteiger partial charge is 0.306 e. The number of hydrogen-bond donors (Lipinski definition) is 0. The lowest BCUT2D eigenvalue weighted by Crippen LogP contribution is -2.37. The van der Waals surface area contributed by atoms with Crippen molar-refractivity contribution >= 4 is 19.8 Å². The molecular weight excluding hydrogens is 1090 g/mol. The quantitative estimate of drug-likeness (QED) is 0.0195. The highest BCUT2D eigenvalue weighted by Crippen LogP contribution is 2.38. The van der Waals surface area contributed by atoms with E-state index in [2.05, 4.69) is 111 Å². The summed E-state index contributed by atoms with van der Waals surface area (Å²) >= 11 is 0. The van der Waals surface area contributed by atoms with Gasteiger partial charge in [-0.2, -0.15) is 0 Å². The van der Waals surface area contributed by atoms with Crippen molar-refractivity contribution in [2.45, 2.75) is 328 Å². The van der Waals surface area contributed by atoms with Crippen molar-refractivity contribution < 1.29 is 42.1 Å². The standard InChI is InChI=1S/C76H136NO8P/c1-6-8-10-12-14-16-18-20-22-24-26-28-30-32-33-34-35-36-37-38-39-40-41-42-43-45-47-49-51-53-55-57-59-61-63-65-67-69-76(79)85-74(73-84-86(80,81)83-71-70-77(3,4)5)72-82-75(78)68-66-64-62-60-58-56-54-52-50-48-46-44-31-29-27-25-23-21-19-17-15-13-11-9-7-2/h8,10,14,16,19-22,25-28,32-33,35-36,74H,6-7,9,11-13,15,17-18,23-24,29-31,34,37-73H2,1-5H3/b10-8-,16-14-,21-19-,22-20-,27-25-,28-26-,33-32-,36-35-. The number of esters is 2. The average Bonchev–Trinajstić information content (AvgIpc) is 3.67. The van der Waals surface area contributed by atoms with Crippen molar-refractivity contribution in [3.05, 3.63) is 97.2 Å². The highest BCUT2D eigenvalue weighted by Gasteiger charge is 2.22. The Kier molecular flexibility index (Phi) is 64.0. The second-order valence-corrected chi connectivity index (χ2v) is 26.6. The number of carbonyl (C=O) groups is 2. The average molecular weight is 1220 g/mol. The predicted molar refractivity (Wildman–Crippen MR) is 369 cm³/mol. The van der Waals surface area contributed by atoms with E-state index in [1.807, 2.05) is 21.1 Å². The molecule has 0 aliphatic carbocycles. The Balaban J connectivity index is 4.00. The van der Waals surface area contributed by atoms with Crippen molar-refractivity contribution in [1.29, 1.82) is 0 Å². The Morgan fingerprint density at radius 1 is 0.372 bits per heavy atom. The fourth-order valence-electron chi connectivity index (χ4n) is 10.1. The van der Waals surface area contributed by atoms with Crippen LogP contribution in [0, 0.1) is 0 Å². The largest absolute Gasteiger partial charge is 0.756 e. The highest BCUT2D eigenvalue weighted by molar-refractivity contribution is 7.45. The van der Waals surface area contributed by atoms with E-state index in [1.165, 1.54) is 205 Å². The lowest BCUT2D eigenvalue weighted by Gasteiger charge is -2.28. The topological polar surface area (TPSA) is 111 Å². The van der Waals surface area contributed by atoms with E-state index in [-0.39, 0.29) is 32.0 Å². The molecule has 0 aliphatic heterocycles. The van der Waals surface area contributed by atoms with Gasteiger partial charge in [-0.15, -0.1) is 0 Å². The summed E-state index contributed by atoms with van der Waals surface area (Å²) in [6, 6.07) is 0. The third kappa shape index (κ3) is 70.0. The maximum atomic E-state index is 12.9. The molecule has 0 aromatic heterocycles. The summed E-state index contributed by atoms with van der Waals surface area (Å²) in [4.78, 5) is 38.1. The van der Waals surface area contributed by atoms with Crippen molar-refractivity contribution in [1.82, 2.24) is 0 Å². The first-order valence-corrected chi connectivity index (χ1v) is 37.4. The van der Waals surface area contributed by atoms with Crippen LogP contribution < -0.4 is 4.89 Å². The molecular formula is C76H136NO8P. The van der Waals surface area contributed by atoms with Gasteiger partial charge in [0.15, 0.2) is 6.10 Å². The molecule has 0 bridgehead atoms. The molecule has 0 spiro atoms. The van der Waals surface area contributed by atoms with E-state index < -0.39 is 26.5 Å². The number of allylic oxidation sites excluding steroid dienone is 16. The Hall–Kier alpha value is -3.07. The molecule has 2 atom stereocenters. The number of carbonyl (C=O) groups excluding carboxylic acids is 2. The number of phosphoric ester groups is 1. The number of ether oxygens (including phenoxy) is 2. The van der Waals surface area contributed by atoms with Gasteiger partial charge in [-0.3, -0.25) is 14.2 Å². The van der Waals surface area contributed by atoms with Gasteiger partial charge in [0, 0.05) is 12.8 Å². The van der Waals surface area contributed by atoms with Gasteiger partial charge in [-0.25, -0.2) is 0 Å². The zero-order chi connectivity index (χ0) is 62.6. The molecule has 0 aromatic rings. The molecule has 0 aromatic carbocycles. The zero-order valence-corrected chi connectivity index (χ0v) is 57.6. The number of hydrogen-bond acceptors (Lipinski definition) is 8. The molecule has 498 valence electrons. The van der Waals surface area contributed by atoms with Crippen LogP contribution >= 0.6 is 7.82 Å². The van der Waals surface area contributed by atoms with Gasteiger partial charge < -0.3 is 27.9 Å². The molecule has 0 N–H and O–H groups in total. The van der Waals surface area contributed by atoms with Gasteiger partial charge in [-0.05, 0) is 96.3 Å². The van der Waals surface area contributed by atoms with Crippen LogP contribution in [0.1, 0.15) is 322 Å². The summed E-state index contributed by atoms with van der Waals surface area (Å²) in [5.74, 6) is -0.823. The Labute approximate surface area is 532 Å². The van der Waals surface area contributed by atoms with Crippen molar-refractivity contribution in [3.63, 3.8) is 0 Å². The fraction of sp³-hybridized carbons (Fsp3) is 0.763. The van der Waals surface area contributed by atoms with E-state index in [0.29, 0.717) is 17.4 Å². The van der Waals surface area contributed by atoms with Gasteiger partial charge in [0.1, 0.15) is 19.8 Å². The molecule has 10 heteroatoms. The third-order valence-corrected chi connectivity index (χ3v) is 16.6. The number of likely N-dealkylation sites (N-methyl/N-ethyl adjacent to an activating group) is 1. The first-order chi connectivity index (χ1) is 42.0. The van der Waals surface area contributed by atoms with Gasteiger partial charge >= 0.3 is 11.9 Å². The molecule has 0 saturated heterocycles. The van der Waals surface area contributed by atoms with Crippen LogP contribution in [0.3, 0.4) is 0 Å². The van der Waals surface area contributed by atoms with Crippen LogP contribution in [0.2, 0.25) is 0 Å². The minimum Gasteiger partial charge on any atom is -0.756 e. The highest BCUT2D eigenvalue weighted by atomic mass is 31.2. The fourth-order valence-corrected chi connectivity index (χ4v) is 10.8. The van der Waals surface area contributed by atoms with Crippen LogP contribution in [0.4, 0.5) is 0 Å². The first kappa shape index (κ1) is 82.9. The SMILES string of the molecule is CC/C=C\C/C=C\C/C=C\C/C=C\C/C=C\C/C=C\CCCCCCCCCCCCCCCCCCCCC(=O)OC(COC(=O)CCCCCCCCCCCCCCC/C=C\C/C=C\CCCCCCC)COP(=O)([O-])OCC[N+](C)(C)C. The van der Waals surface area contributed by atoms with E-state index in [1.54, 1.807) is 0 Å². The van der Waals surface area contributed by atoms with Gasteiger partial charge in [0.2, 0.25) is 0 Å². The Bertz CT molecular complexity index is 1770. The van der Waals surface area contributed by atoms with E-state index in [0.717, 1.165) is 83.5 Å². The number of phosphoric acid groups is 1. The molecule has 0 heterocycles. The zero-order valence-electron chi connectivity index (χ0n) is 56.7. The molecule has 86 heavy (non-hydrogen) atoms. The lowest BCUT2D eigenvalue weighted by atomic mass is 10.0. The number of unbranched alkanes of at least 4 members (excludes halogenated alkanes) is 36. The van der Waals surface area contributed by atoms with Crippen LogP contribution in [0.25, 0.3) is 0 Å². The number of quaternary nitrogens is 1. The predicted octanol–water partition coefficient (Wildman–Crippen LogP) is 22.9. The molecule has 0 saturated carbocycles. The molecule has 0 radical (unpaired) electrons. The molecule has 0 fully saturated rings. The number of nitrogens with zero attached hydrogens (tertiary/aromatic N) is 1. The van der Waals surface area contributed by atoms with E-state index >= 15 is 0 Å². The summed E-state index contributed by atoms with van der Waals surface area (Å²) in [6.07, 6.45) is 92.0. The number of rotatable bonds is 66. The third-order valence-electron chi connectivity index (χ3n) is 15.6. The Morgan fingerprint density at radius 2 is 0.663 bits per heavy atom. The molecule has 0 amide bonds. The summed E-state index contributed by atoms with van der Waals surface area (Å²) in [7, 11) is 1.17. The first-order valence-electron chi connectivity index (χ1n) is 35.9. The maximum Gasteiger partial charge on any atom is 0.306 e. The molecule has 0 aliphatic rings. The van der Waals surface area contributed by atoms with Crippen LogP contribution in [0.15, 0.2) is 97.2 Å². The van der Waals surface area contributed by atoms with Crippen LogP contribution in [-0.4, -0.2) is 70.0 Å². The van der Waals surface area contributed by atoms with E-state index in [4.69, 9.17) is 18.5 Å². The lowest BCUT2D eigenvalue weighted by molar-refractivity contribution is -0.870. The minimum absolute atomic E-state index is 0.0321. The van der Waals surface area contributed by atoms with Gasteiger partial charge in [-0.1, -0.05) is 310 Å². The van der Waals surface area contributed by atoms with E-state index in [9.17, 15) is 19.0 Å². The molecule has 9 nitrogen and oxygen atoms in total. The van der Waals surface area contributed by atoms with Crippen LogP contribution in [-0.2, 0) is 32.7 Å².